The van der Waals surface area contributed by atoms with Crippen LogP contribution in [0.5, 0.6) is 0 Å². The lowest BCUT2D eigenvalue weighted by Crippen LogP contribution is -2.81. The molecule has 0 amide bonds. The molecule has 0 N–H and O–H groups in total. The molecule has 44 nitrogen and oxygen atoms in total. The number of fused-ring (bicyclic) bond motifs is 12. The summed E-state index contributed by atoms with van der Waals surface area (Å²) in [6.45, 7) is 56.3. The maximum absolute atomic E-state index is 7.19. The molecule has 111 heavy (non-hydrogen) atoms. The van der Waals surface area contributed by atoms with Crippen LogP contribution in [-0.2, 0) is 183 Å². The maximum atomic E-state index is 7.19. The molecule has 648 valence electrons. The molecule has 11 aliphatic heterocycles. The topological polar surface area (TPSA) is 406 Å². The summed E-state index contributed by atoms with van der Waals surface area (Å²) in [6, 6.07) is 0. The Morgan fingerprint density at radius 1 is 0.171 bits per heavy atom. The molecule has 11 rings (SSSR count). The fourth-order valence-corrected chi connectivity index (χ4v) is 155. The molecule has 0 aliphatic carbocycles. The average molecular weight is 2080 g/mol. The minimum absolute atomic E-state index is 0.231. The van der Waals surface area contributed by atoms with Gasteiger partial charge in [-0.05, 0) is 47.3 Å². The minimum Gasteiger partial charge on any atom is -0.397 e. The van der Waals surface area contributed by atoms with E-state index in [1.807, 2.05) is 34.2 Å². The van der Waals surface area contributed by atoms with Crippen molar-refractivity contribution >= 4 is 248 Å². The van der Waals surface area contributed by atoms with Crippen molar-refractivity contribution in [3.8, 4) is 0 Å². The van der Waals surface area contributed by atoms with Gasteiger partial charge < -0.3 is 183 Å². The van der Waals surface area contributed by atoms with Gasteiger partial charge in [0.2, 0.25) is 0 Å². The Morgan fingerprint density at radius 3 is 0.541 bits per heavy atom. The first-order valence-corrected chi connectivity index (χ1v) is 98.1. The lowest BCUT2D eigenvalue weighted by atomic mass is 10.9. The van der Waals surface area contributed by atoms with E-state index in [1.165, 1.54) is 21.3 Å². The standard InChI is InChI=1S/C30H88O32Si20.C9H28O12Si8/c1-27-33-67(11)45-68(12,34-28-2)49-79(23)51-71(15,47-67)37-63(7)38-72(16,55-79)52-77(21)43-66(10,32-6)44-78(22)54-74(18)40-64(8)39-73(17,56-81(25,57-74)62-82(26,60-77)61-78)53-76(20)42-65(9,31-5)41-75(19)48-69(13,35-29-3)46-70(14,36-30-4)50-80(24,58-75)59-76;1-10-23(3)13-26(6)15-24(4)11-22(2)12-25(5)16-27(7,14-23)20-29(9,19-26)21-28(8,17-24)18-25/h63-64H,27-30H2,1-26H3;22H,1-9H3. The van der Waals surface area contributed by atoms with Gasteiger partial charge in [0, 0.05) is 211 Å². The van der Waals surface area contributed by atoms with Crippen LogP contribution in [0.2, 0.25) is 183 Å². The smallest absolute Gasteiger partial charge is 0.397 e. The van der Waals surface area contributed by atoms with Gasteiger partial charge in [0.05, 0.1) is 0 Å². The predicted molar refractivity (Wildman–Crippen MR) is 437 cm³/mol. The van der Waals surface area contributed by atoms with Gasteiger partial charge in [0.25, 0.3) is 0 Å². The van der Waals surface area contributed by atoms with Crippen LogP contribution in [0.4, 0.5) is 0 Å². The van der Waals surface area contributed by atoms with Crippen LogP contribution < -0.4 is 0 Å². The molecule has 11 aliphatic rings. The first kappa shape index (κ1) is 97.5. The maximum Gasteiger partial charge on any atom is 0.482 e. The summed E-state index contributed by atoms with van der Waals surface area (Å²) in [7, 11) is -99.5. The Labute approximate surface area is 684 Å². The third kappa shape index (κ3) is 24.0. The van der Waals surface area contributed by atoms with Crippen molar-refractivity contribution in [2.24, 2.45) is 0 Å². The molecule has 11 saturated heterocycles. The Hall–Kier alpha value is 4.31. The van der Waals surface area contributed by atoms with Gasteiger partial charge in [0.1, 0.15) is 0 Å². The molecule has 14 bridgehead atoms. The van der Waals surface area contributed by atoms with Crippen molar-refractivity contribution in [3.05, 3.63) is 0 Å². The third-order valence-corrected chi connectivity index (χ3v) is 132. The molecule has 72 heteroatoms. The summed E-state index contributed by atoms with van der Waals surface area (Å²) < 4.78 is 293. The van der Waals surface area contributed by atoms with Crippen LogP contribution in [-0.4, -0.2) is 296 Å². The predicted octanol–water partition coefficient (Wildman–Crippen LogP) is 4.59. The first-order valence-electron chi connectivity index (χ1n) is 36.2. The summed E-state index contributed by atoms with van der Waals surface area (Å²) in [4.78, 5) is 0. The van der Waals surface area contributed by atoms with Crippen molar-refractivity contribution in [2.75, 3.05) is 47.8 Å². The normalized spacial score (nSPS) is 56.1. The van der Waals surface area contributed by atoms with Crippen molar-refractivity contribution in [3.63, 3.8) is 0 Å². The molecule has 0 aromatic carbocycles. The Kier molecular flexibility index (Phi) is 28.9. The van der Waals surface area contributed by atoms with Crippen molar-refractivity contribution in [1.29, 1.82) is 0 Å². The van der Waals surface area contributed by atoms with Gasteiger partial charge in [-0.15, -0.1) is 0 Å². The van der Waals surface area contributed by atoms with Crippen LogP contribution in [0.1, 0.15) is 27.7 Å². The van der Waals surface area contributed by atoms with E-state index in [4.69, 9.17) is 183 Å². The highest BCUT2D eigenvalue weighted by molar-refractivity contribution is 7.02. The quantitative estimate of drug-likeness (QED) is 0.202. The van der Waals surface area contributed by atoms with E-state index in [2.05, 4.69) is 0 Å². The Morgan fingerprint density at radius 2 is 0.315 bits per heavy atom. The Balaban J connectivity index is 0.000000374. The molecule has 24 atom stereocenters. The molecule has 11 heterocycles. The second-order valence-electron chi connectivity index (χ2n) is 29.5. The molecule has 11 fully saturated rings. The fourth-order valence-electron chi connectivity index (χ4n) is 15.2. The summed E-state index contributed by atoms with van der Waals surface area (Å²) in [5, 5.41) is 0. The number of rotatable bonds is 15. The zero-order valence-corrected chi connectivity index (χ0v) is 98.5. The molecular formula is C39H116O44Si28. The van der Waals surface area contributed by atoms with Gasteiger partial charge in [-0.2, -0.15) is 0 Å². The van der Waals surface area contributed by atoms with Gasteiger partial charge in [-0.25, -0.2) is 0 Å². The molecule has 0 spiro atoms. The molecule has 24 unspecified atom stereocenters. The lowest BCUT2D eigenvalue weighted by molar-refractivity contribution is 0.00602. The van der Waals surface area contributed by atoms with Gasteiger partial charge >= 0.3 is 248 Å². The molecule has 0 aromatic rings. The van der Waals surface area contributed by atoms with Crippen LogP contribution in [0.25, 0.3) is 0 Å². The van der Waals surface area contributed by atoms with Crippen LogP contribution in [0.15, 0.2) is 0 Å². The molecule has 0 saturated carbocycles. The van der Waals surface area contributed by atoms with Crippen molar-refractivity contribution in [2.45, 2.75) is 211 Å². The Bertz CT molecular complexity index is 3300. The van der Waals surface area contributed by atoms with E-state index in [1.54, 1.807) is 177 Å². The largest absolute Gasteiger partial charge is 0.482 e. The molecular weight excluding hydrogens is 1960 g/mol. The van der Waals surface area contributed by atoms with Crippen LogP contribution in [0.3, 0.4) is 0 Å². The summed E-state index contributed by atoms with van der Waals surface area (Å²) in [5.41, 5.74) is 0. The zero-order chi connectivity index (χ0) is 83.2. The van der Waals surface area contributed by atoms with E-state index in [0.717, 1.165) is 0 Å². The van der Waals surface area contributed by atoms with Crippen LogP contribution >= 0.6 is 0 Å². The van der Waals surface area contributed by atoms with E-state index < -0.39 is 248 Å². The van der Waals surface area contributed by atoms with Crippen molar-refractivity contribution in [1.82, 2.24) is 0 Å². The minimum atomic E-state index is -4.41. The molecule has 0 aromatic heterocycles. The molecule has 0 radical (unpaired) electrons. The highest BCUT2D eigenvalue weighted by Crippen LogP contribution is 2.49. The third-order valence-electron chi connectivity index (χ3n) is 16.5. The summed E-state index contributed by atoms with van der Waals surface area (Å²) in [6.07, 6.45) is 0. The monoisotopic (exact) mass is 2070 g/mol. The van der Waals surface area contributed by atoms with E-state index in [0.29, 0.717) is 6.61 Å². The van der Waals surface area contributed by atoms with Gasteiger partial charge in [0.15, 0.2) is 0 Å². The van der Waals surface area contributed by atoms with E-state index in [9.17, 15) is 0 Å². The second-order valence-corrected chi connectivity index (χ2v) is 109. The average Bonchev–Trinajstić information content (AvgIpc) is 0.728. The lowest BCUT2D eigenvalue weighted by Gasteiger charge is -2.56. The van der Waals surface area contributed by atoms with Gasteiger partial charge in [-0.3, -0.25) is 0 Å². The van der Waals surface area contributed by atoms with Crippen LogP contribution in [0, 0.1) is 0 Å². The van der Waals surface area contributed by atoms with Crippen molar-refractivity contribution < 1.29 is 183 Å². The first-order chi connectivity index (χ1) is 50.1. The number of hydrogen-bond donors (Lipinski definition) is 0. The van der Waals surface area contributed by atoms with Gasteiger partial charge in [-0.1, -0.05) is 0 Å². The highest BCUT2D eigenvalue weighted by atomic mass is 28.6. The van der Waals surface area contributed by atoms with E-state index >= 15 is 0 Å². The fraction of sp³-hybridized carbons (Fsp3) is 1.00. The zero-order valence-electron chi connectivity index (χ0n) is 70.0. The highest BCUT2D eigenvalue weighted by Gasteiger charge is 2.78. The second kappa shape index (κ2) is 32.9. The number of hydrogen-bond acceptors (Lipinski definition) is 44. The SMILES string of the molecule is CCO[Si]1(C)O[Si](C)(OCC)O[Si]2(C)O[Si](C)(O[SiH](C)O[Si](C)(O[Si]3(C)O[Si](C)(OC)O[Si]4(C)O[Si]5(C)O[SiH](C)O[Si](C)(O[Si]6(C)O[Si](C)(OC)O[Si]7(C)O[Si](C)(OCC)O[Si](C)(OCC)O[Si](C)(O7)O6)O[Si](C)(O5)O[Si](C)(O3)O4)O2)O1.CO[Si]1(C)O[Si]2(C)O[Si]3(C)O[SiH](C)O[Si]4(C)O[Si](C)(O1)O[Si](C)(O2)O[Si](C)(O3)O4. The summed E-state index contributed by atoms with van der Waals surface area (Å²) >= 11 is 0. The summed E-state index contributed by atoms with van der Waals surface area (Å²) in [5.74, 6) is 0. The van der Waals surface area contributed by atoms with E-state index in [-0.39, 0.29) is 19.8 Å².